The molecule has 4 heteroatoms. The number of benzene rings is 1. The molecule has 1 aromatic carbocycles. The van der Waals surface area contributed by atoms with Crippen molar-refractivity contribution in [1.82, 2.24) is 10.3 Å². The van der Waals surface area contributed by atoms with Gasteiger partial charge in [0.15, 0.2) is 0 Å². The number of nitrogens with one attached hydrogen (secondary N) is 1. The number of carbonyl (C=O) groups excluding carboxylic acids is 1. The summed E-state index contributed by atoms with van der Waals surface area (Å²) in [5.74, 6) is -0.284. The fraction of sp³-hybridized carbons (Fsp3) is 0.294. The maximum Gasteiger partial charge on any atom is 0.270 e. The highest BCUT2D eigenvalue weighted by atomic mass is 16.3. The van der Waals surface area contributed by atoms with Gasteiger partial charge >= 0.3 is 0 Å². The first-order valence-electron chi connectivity index (χ1n) is 6.89. The van der Waals surface area contributed by atoms with Gasteiger partial charge in [-0.3, -0.25) is 9.78 Å². The van der Waals surface area contributed by atoms with E-state index in [2.05, 4.69) is 10.3 Å². The Balaban J connectivity index is 2.35. The van der Waals surface area contributed by atoms with Crippen LogP contribution in [0.25, 0.3) is 0 Å². The molecule has 0 aliphatic rings. The third kappa shape index (κ3) is 3.89. The van der Waals surface area contributed by atoms with Crippen LogP contribution < -0.4 is 5.32 Å². The number of rotatable bonds is 3. The summed E-state index contributed by atoms with van der Waals surface area (Å²) in [5, 5.41) is 13.4. The lowest BCUT2D eigenvalue weighted by Gasteiger charge is -2.22. The van der Waals surface area contributed by atoms with E-state index in [-0.39, 0.29) is 17.1 Å². The minimum atomic E-state index is -0.874. The van der Waals surface area contributed by atoms with Gasteiger partial charge in [0.25, 0.3) is 5.91 Å². The molecule has 0 bridgehead atoms. The number of carbonyl (C=O) groups is 1. The summed E-state index contributed by atoms with van der Waals surface area (Å²) >= 11 is 0. The highest BCUT2D eigenvalue weighted by Crippen LogP contribution is 2.24. The number of amides is 1. The summed E-state index contributed by atoms with van der Waals surface area (Å²) in [6, 6.07) is 12.7. The van der Waals surface area contributed by atoms with Crippen molar-refractivity contribution >= 4 is 5.91 Å². The van der Waals surface area contributed by atoms with Crippen LogP contribution in [0.2, 0.25) is 0 Å². The number of aliphatic hydroxyl groups excluding tert-OH is 1. The Morgan fingerprint density at radius 2 is 1.81 bits per heavy atom. The zero-order valence-corrected chi connectivity index (χ0v) is 12.5. The van der Waals surface area contributed by atoms with Gasteiger partial charge in [-0.15, -0.1) is 0 Å². The summed E-state index contributed by atoms with van der Waals surface area (Å²) in [5.41, 5.74) is 1.13. The molecule has 4 nitrogen and oxygen atoms in total. The molecular weight excluding hydrogens is 264 g/mol. The molecule has 21 heavy (non-hydrogen) atoms. The molecule has 1 unspecified atom stereocenters. The van der Waals surface area contributed by atoms with Crippen LogP contribution >= 0.6 is 0 Å². The van der Waals surface area contributed by atoms with Gasteiger partial charge in [0, 0.05) is 17.3 Å². The van der Waals surface area contributed by atoms with Crippen LogP contribution in [0.4, 0.5) is 0 Å². The number of hydrogen-bond acceptors (Lipinski definition) is 3. The van der Waals surface area contributed by atoms with E-state index in [9.17, 15) is 9.90 Å². The SMILES string of the molecule is CC(C)(C)NC(=O)c1ncccc1C(O)c1ccccc1. The zero-order chi connectivity index (χ0) is 15.5. The first-order chi connectivity index (χ1) is 9.88. The van der Waals surface area contributed by atoms with Crippen molar-refractivity contribution in [2.75, 3.05) is 0 Å². The van der Waals surface area contributed by atoms with Gasteiger partial charge < -0.3 is 10.4 Å². The lowest BCUT2D eigenvalue weighted by atomic mass is 9.99. The molecular formula is C17H20N2O2. The standard InChI is InChI=1S/C17H20N2O2/c1-17(2,3)19-16(21)14-13(10-7-11-18-14)15(20)12-8-5-4-6-9-12/h4-11,15,20H,1-3H3,(H,19,21). The number of nitrogens with zero attached hydrogens (tertiary/aromatic N) is 1. The number of pyridine rings is 1. The van der Waals surface area contributed by atoms with Crippen molar-refractivity contribution in [3.8, 4) is 0 Å². The summed E-state index contributed by atoms with van der Waals surface area (Å²) in [6.07, 6.45) is 0.680. The normalized spacial score (nSPS) is 12.8. The Hall–Kier alpha value is -2.20. The predicted octanol–water partition coefficient (Wildman–Crippen LogP) is 2.69. The molecule has 0 aliphatic carbocycles. The largest absolute Gasteiger partial charge is 0.384 e. The molecule has 2 aromatic rings. The van der Waals surface area contributed by atoms with Gasteiger partial charge in [0.2, 0.25) is 0 Å². The van der Waals surface area contributed by atoms with E-state index < -0.39 is 6.10 Å². The molecule has 0 saturated heterocycles. The third-order valence-corrected chi connectivity index (χ3v) is 2.95. The van der Waals surface area contributed by atoms with E-state index in [4.69, 9.17) is 0 Å². The van der Waals surface area contributed by atoms with Crippen molar-refractivity contribution < 1.29 is 9.90 Å². The van der Waals surface area contributed by atoms with Crippen molar-refractivity contribution in [2.45, 2.75) is 32.4 Å². The highest BCUT2D eigenvalue weighted by Gasteiger charge is 2.22. The smallest absolute Gasteiger partial charge is 0.270 e. The van der Waals surface area contributed by atoms with Crippen LogP contribution in [0.15, 0.2) is 48.7 Å². The summed E-state index contributed by atoms with van der Waals surface area (Å²) < 4.78 is 0. The Bertz CT molecular complexity index is 618. The van der Waals surface area contributed by atoms with Crippen molar-refractivity contribution in [3.05, 3.63) is 65.5 Å². The molecule has 110 valence electrons. The lowest BCUT2D eigenvalue weighted by molar-refractivity contribution is 0.0908. The quantitative estimate of drug-likeness (QED) is 0.911. The molecule has 1 atom stereocenters. The van der Waals surface area contributed by atoms with Gasteiger partial charge in [0.05, 0.1) is 0 Å². The summed E-state index contributed by atoms with van der Waals surface area (Å²) in [6.45, 7) is 5.71. The van der Waals surface area contributed by atoms with Crippen LogP contribution in [0.1, 0.15) is 48.5 Å². The molecule has 1 aromatic heterocycles. The molecule has 0 aliphatic heterocycles. The number of hydrogen-bond donors (Lipinski definition) is 2. The fourth-order valence-corrected chi connectivity index (χ4v) is 2.04. The topological polar surface area (TPSA) is 62.2 Å². The van der Waals surface area contributed by atoms with Gasteiger partial charge in [-0.05, 0) is 32.4 Å². The van der Waals surface area contributed by atoms with Crippen molar-refractivity contribution in [2.24, 2.45) is 0 Å². The lowest BCUT2D eigenvalue weighted by Crippen LogP contribution is -2.41. The monoisotopic (exact) mass is 284 g/mol. The van der Waals surface area contributed by atoms with Crippen LogP contribution in [-0.4, -0.2) is 21.5 Å². The van der Waals surface area contributed by atoms with Gasteiger partial charge in [-0.25, -0.2) is 0 Å². The zero-order valence-electron chi connectivity index (χ0n) is 12.5. The number of aliphatic hydroxyl groups is 1. The van der Waals surface area contributed by atoms with E-state index in [1.165, 1.54) is 0 Å². The fourth-order valence-electron chi connectivity index (χ4n) is 2.04. The first-order valence-corrected chi connectivity index (χ1v) is 6.89. The molecule has 0 fully saturated rings. The Morgan fingerprint density at radius 1 is 1.14 bits per heavy atom. The number of aromatic nitrogens is 1. The maximum atomic E-state index is 12.3. The Labute approximate surface area is 124 Å². The second-order valence-corrected chi connectivity index (χ2v) is 5.96. The van der Waals surface area contributed by atoms with Crippen LogP contribution in [-0.2, 0) is 0 Å². The van der Waals surface area contributed by atoms with E-state index in [0.717, 1.165) is 5.56 Å². The van der Waals surface area contributed by atoms with E-state index >= 15 is 0 Å². The molecule has 2 rings (SSSR count). The van der Waals surface area contributed by atoms with Crippen LogP contribution in [0.5, 0.6) is 0 Å². The molecule has 0 spiro atoms. The second-order valence-electron chi connectivity index (χ2n) is 5.96. The molecule has 1 heterocycles. The average molecular weight is 284 g/mol. The highest BCUT2D eigenvalue weighted by molar-refractivity contribution is 5.94. The summed E-state index contributed by atoms with van der Waals surface area (Å²) in [4.78, 5) is 16.5. The van der Waals surface area contributed by atoms with Gasteiger partial charge in [-0.1, -0.05) is 36.4 Å². The Kier molecular flexibility index (Phi) is 4.38. The van der Waals surface area contributed by atoms with Crippen molar-refractivity contribution in [3.63, 3.8) is 0 Å². The molecule has 1 amide bonds. The van der Waals surface area contributed by atoms with E-state index in [1.54, 1.807) is 18.3 Å². The molecule has 0 saturated carbocycles. The van der Waals surface area contributed by atoms with Crippen molar-refractivity contribution in [1.29, 1.82) is 0 Å². The first kappa shape index (κ1) is 15.2. The minimum Gasteiger partial charge on any atom is -0.384 e. The molecule has 0 radical (unpaired) electrons. The van der Waals surface area contributed by atoms with E-state index in [0.29, 0.717) is 5.56 Å². The average Bonchev–Trinajstić information content (AvgIpc) is 2.45. The summed E-state index contributed by atoms with van der Waals surface area (Å²) in [7, 11) is 0. The Morgan fingerprint density at radius 3 is 2.43 bits per heavy atom. The second kappa shape index (κ2) is 6.06. The predicted molar refractivity (Wildman–Crippen MR) is 82.0 cm³/mol. The van der Waals surface area contributed by atoms with Crippen LogP contribution in [0.3, 0.4) is 0 Å². The van der Waals surface area contributed by atoms with Gasteiger partial charge in [0.1, 0.15) is 11.8 Å². The minimum absolute atomic E-state index is 0.253. The third-order valence-electron chi connectivity index (χ3n) is 2.95. The maximum absolute atomic E-state index is 12.3. The van der Waals surface area contributed by atoms with E-state index in [1.807, 2.05) is 51.1 Å². The molecule has 2 N–H and O–H groups in total. The van der Waals surface area contributed by atoms with Crippen LogP contribution in [0, 0.1) is 0 Å². The van der Waals surface area contributed by atoms with Gasteiger partial charge in [-0.2, -0.15) is 0 Å².